The summed E-state index contributed by atoms with van der Waals surface area (Å²) >= 11 is 0. The molecule has 7 rings (SSSR count). The number of ketones is 1. The number of carbonyl (C=O) groups is 2. The van der Waals surface area contributed by atoms with E-state index in [4.69, 9.17) is 0 Å². The molecular formula is C36H33F5N6O2. The lowest BCUT2D eigenvalue weighted by Gasteiger charge is -2.28. The van der Waals surface area contributed by atoms with Gasteiger partial charge in [-0.05, 0) is 69.0 Å². The molecule has 0 unspecified atom stereocenters. The SMILES string of the molecule is Cc1c2cc(C(F)(F)F)c3c(c2nn1C)N(C)CCc1cc(C(=O)c2cc(F)c(NC(=O)/C=C/CNC4(C)CC4)c(F)c2)n2cccc-3c12. The maximum atomic E-state index is 15.2. The van der Waals surface area contributed by atoms with Crippen LogP contribution in [-0.4, -0.2) is 51.5 Å². The molecular weight excluding hydrogens is 643 g/mol. The van der Waals surface area contributed by atoms with E-state index in [-0.39, 0.29) is 27.9 Å². The van der Waals surface area contributed by atoms with Gasteiger partial charge in [0.25, 0.3) is 0 Å². The zero-order chi connectivity index (χ0) is 35.0. The van der Waals surface area contributed by atoms with Crippen molar-refractivity contribution in [2.75, 3.05) is 30.4 Å². The van der Waals surface area contributed by atoms with Crippen LogP contribution in [0.2, 0.25) is 0 Å². The predicted molar refractivity (Wildman–Crippen MR) is 177 cm³/mol. The van der Waals surface area contributed by atoms with Crippen molar-refractivity contribution in [1.82, 2.24) is 19.5 Å². The molecule has 1 amide bonds. The lowest BCUT2D eigenvalue weighted by molar-refractivity contribution is -0.137. The van der Waals surface area contributed by atoms with Gasteiger partial charge in [0.1, 0.15) is 22.8 Å². The molecule has 1 aliphatic heterocycles. The van der Waals surface area contributed by atoms with Crippen molar-refractivity contribution in [3.8, 4) is 11.1 Å². The van der Waals surface area contributed by atoms with Crippen LogP contribution >= 0.6 is 0 Å². The monoisotopic (exact) mass is 676 g/mol. The summed E-state index contributed by atoms with van der Waals surface area (Å²) in [6, 6.07) is 7.48. The van der Waals surface area contributed by atoms with Crippen LogP contribution in [0, 0.1) is 18.6 Å². The number of nitrogens with one attached hydrogen (secondary N) is 2. The number of hydrogen-bond acceptors (Lipinski definition) is 5. The molecule has 1 fully saturated rings. The number of aromatic nitrogens is 3. The summed E-state index contributed by atoms with van der Waals surface area (Å²) in [6.45, 7) is 4.50. The van der Waals surface area contributed by atoms with Crippen molar-refractivity contribution >= 4 is 39.5 Å². The highest BCUT2D eigenvalue weighted by Gasteiger charge is 2.39. The third-order valence-electron chi connectivity index (χ3n) is 9.64. The van der Waals surface area contributed by atoms with Gasteiger partial charge in [-0.1, -0.05) is 12.1 Å². The molecule has 8 nitrogen and oxygen atoms in total. The molecule has 0 bridgehead atoms. The fourth-order valence-electron chi connectivity index (χ4n) is 6.58. The van der Waals surface area contributed by atoms with Gasteiger partial charge in [0.05, 0.1) is 22.5 Å². The highest BCUT2D eigenvalue weighted by molar-refractivity contribution is 6.11. The Morgan fingerprint density at radius 2 is 1.80 bits per heavy atom. The summed E-state index contributed by atoms with van der Waals surface area (Å²) in [5.41, 5.74) is 0.747. The Labute approximate surface area is 278 Å². The van der Waals surface area contributed by atoms with Gasteiger partial charge in [-0.25, -0.2) is 8.78 Å². The average molecular weight is 677 g/mol. The Hall–Kier alpha value is -5.04. The molecule has 1 aliphatic carbocycles. The quantitative estimate of drug-likeness (QED) is 0.111. The maximum absolute atomic E-state index is 15.2. The minimum Gasteiger partial charge on any atom is -0.372 e. The van der Waals surface area contributed by atoms with E-state index in [1.807, 2.05) is 0 Å². The lowest BCUT2D eigenvalue weighted by Crippen LogP contribution is -2.27. The third-order valence-corrected chi connectivity index (χ3v) is 9.64. The predicted octanol–water partition coefficient (Wildman–Crippen LogP) is 6.96. The first kappa shape index (κ1) is 32.5. The number of pyridine rings is 1. The Bertz CT molecular complexity index is 2200. The standard InChI is InChI=1S/C36H33F5N6O2/c1-19-23-18-24(36(39,40)41)29-22-7-6-13-47-27(17-20(32(22)47)9-14-45(3)33(29)30(23)44-46(19)4)34(49)21-15-25(37)31(26(38)16-21)43-28(48)8-5-12-42-35(2)10-11-35/h5-8,13,15-18,42H,9-12,14H2,1-4H3,(H,43,48)/b8-5+. The zero-order valence-corrected chi connectivity index (χ0v) is 27.2. The molecule has 0 radical (unpaired) electrons. The second kappa shape index (κ2) is 11.5. The summed E-state index contributed by atoms with van der Waals surface area (Å²) in [6.07, 6.45) is 2.00. The molecule has 3 aromatic heterocycles. The van der Waals surface area contributed by atoms with E-state index < -0.39 is 40.8 Å². The van der Waals surface area contributed by atoms with Crippen molar-refractivity contribution in [1.29, 1.82) is 0 Å². The van der Waals surface area contributed by atoms with Gasteiger partial charge in [0, 0.05) is 72.8 Å². The van der Waals surface area contributed by atoms with Crippen LogP contribution in [0.25, 0.3) is 27.5 Å². The number of amides is 1. The van der Waals surface area contributed by atoms with Gasteiger partial charge >= 0.3 is 6.18 Å². The number of nitrogens with zero attached hydrogens (tertiary/aromatic N) is 4. The number of hydrogen-bond donors (Lipinski definition) is 2. The fourth-order valence-corrected chi connectivity index (χ4v) is 6.58. The van der Waals surface area contributed by atoms with Crippen LogP contribution in [0.1, 0.15) is 52.6 Å². The second-order valence-electron chi connectivity index (χ2n) is 13.1. The third kappa shape index (κ3) is 5.65. The first-order valence-electron chi connectivity index (χ1n) is 15.8. The van der Waals surface area contributed by atoms with Crippen LogP contribution in [-0.2, 0) is 24.4 Å². The Kier molecular flexibility index (Phi) is 7.65. The number of anilines is 2. The number of likely N-dealkylation sites (N-methyl/N-ethyl adjacent to an activating group) is 1. The molecule has 2 N–H and O–H groups in total. The van der Waals surface area contributed by atoms with Crippen molar-refractivity contribution in [2.45, 2.75) is 44.8 Å². The van der Waals surface area contributed by atoms with E-state index in [1.165, 1.54) is 16.5 Å². The first-order valence-corrected chi connectivity index (χ1v) is 15.8. The van der Waals surface area contributed by atoms with Gasteiger partial charge < -0.3 is 19.9 Å². The van der Waals surface area contributed by atoms with Gasteiger partial charge in [0.2, 0.25) is 11.7 Å². The minimum atomic E-state index is -4.72. The van der Waals surface area contributed by atoms with Crippen LogP contribution in [0.15, 0.2) is 54.7 Å². The Morgan fingerprint density at radius 1 is 1.08 bits per heavy atom. The minimum absolute atomic E-state index is 0.0247. The van der Waals surface area contributed by atoms with Crippen molar-refractivity contribution < 1.29 is 31.5 Å². The van der Waals surface area contributed by atoms with Crippen LogP contribution in [0.4, 0.5) is 33.3 Å². The number of rotatable bonds is 7. The summed E-state index contributed by atoms with van der Waals surface area (Å²) in [5.74, 6) is -3.77. The number of benzene rings is 2. The van der Waals surface area contributed by atoms with Gasteiger partial charge in [0.15, 0.2) is 0 Å². The Balaban J connectivity index is 1.29. The molecule has 0 atom stereocenters. The number of carbonyl (C=O) groups excluding carboxylic acids is 2. The molecule has 13 heteroatoms. The molecule has 4 heterocycles. The molecule has 254 valence electrons. The molecule has 1 saturated carbocycles. The fraction of sp³-hybridized carbons (Fsp3) is 0.306. The average Bonchev–Trinajstić information content (AvgIpc) is 3.55. The van der Waals surface area contributed by atoms with Crippen molar-refractivity contribution in [2.24, 2.45) is 7.05 Å². The van der Waals surface area contributed by atoms with Crippen LogP contribution in [0.5, 0.6) is 0 Å². The van der Waals surface area contributed by atoms with E-state index in [0.29, 0.717) is 52.9 Å². The smallest absolute Gasteiger partial charge is 0.372 e. The summed E-state index contributed by atoms with van der Waals surface area (Å²) in [4.78, 5) is 28.0. The van der Waals surface area contributed by atoms with E-state index in [1.54, 1.807) is 55.0 Å². The molecule has 2 aliphatic rings. The zero-order valence-electron chi connectivity index (χ0n) is 27.2. The van der Waals surface area contributed by atoms with E-state index in [2.05, 4.69) is 22.7 Å². The summed E-state index contributed by atoms with van der Waals surface area (Å²) in [5, 5.41) is 10.4. The largest absolute Gasteiger partial charge is 0.417 e. The second-order valence-corrected chi connectivity index (χ2v) is 13.1. The van der Waals surface area contributed by atoms with E-state index in [9.17, 15) is 22.8 Å². The molecule has 2 aromatic carbocycles. The number of halogens is 5. The van der Waals surface area contributed by atoms with Crippen LogP contribution in [0.3, 0.4) is 0 Å². The first-order chi connectivity index (χ1) is 23.2. The maximum Gasteiger partial charge on any atom is 0.417 e. The van der Waals surface area contributed by atoms with Crippen LogP contribution < -0.4 is 15.5 Å². The number of fused-ring (bicyclic) bond motifs is 4. The van der Waals surface area contributed by atoms with Gasteiger partial charge in [-0.2, -0.15) is 18.3 Å². The normalized spacial score (nSPS) is 15.5. The van der Waals surface area contributed by atoms with E-state index >= 15 is 8.78 Å². The highest BCUT2D eigenvalue weighted by atomic mass is 19.4. The van der Waals surface area contributed by atoms with Crippen molar-refractivity contribution in [3.05, 3.63) is 94.5 Å². The summed E-state index contributed by atoms with van der Waals surface area (Å²) < 4.78 is 77.9. The number of aryl methyl sites for hydroxylation is 2. The van der Waals surface area contributed by atoms with Crippen molar-refractivity contribution in [3.63, 3.8) is 0 Å². The Morgan fingerprint density at radius 3 is 2.47 bits per heavy atom. The summed E-state index contributed by atoms with van der Waals surface area (Å²) in [7, 11) is 3.39. The van der Waals surface area contributed by atoms with Gasteiger partial charge in [-0.3, -0.25) is 14.3 Å². The topological polar surface area (TPSA) is 83.7 Å². The highest BCUT2D eigenvalue weighted by Crippen LogP contribution is 2.49. The molecule has 49 heavy (non-hydrogen) atoms. The number of alkyl halides is 3. The van der Waals surface area contributed by atoms with Gasteiger partial charge in [-0.15, -0.1) is 0 Å². The molecule has 5 aromatic rings. The molecule has 0 saturated heterocycles. The lowest BCUT2D eigenvalue weighted by atomic mass is 9.91. The molecule has 0 spiro atoms. The van der Waals surface area contributed by atoms with E-state index in [0.717, 1.165) is 31.0 Å².